The minimum absolute atomic E-state index is 0.315. The summed E-state index contributed by atoms with van der Waals surface area (Å²) in [5.74, 6) is 0. The summed E-state index contributed by atoms with van der Waals surface area (Å²) in [5, 5.41) is 0. The third-order valence-electron chi connectivity index (χ3n) is 3.82. The Morgan fingerprint density at radius 3 is 2.43 bits per heavy atom. The summed E-state index contributed by atoms with van der Waals surface area (Å²) in [4.78, 5) is 29.3. The Labute approximate surface area is 120 Å². The van der Waals surface area contributed by atoms with E-state index in [4.69, 9.17) is 0 Å². The van der Waals surface area contributed by atoms with Crippen molar-refractivity contribution in [2.45, 2.75) is 13.0 Å². The molecular formula is C15H16N4O2. The van der Waals surface area contributed by atoms with Crippen LogP contribution in [0.3, 0.4) is 0 Å². The lowest BCUT2D eigenvalue weighted by molar-refractivity contribution is 0.558. The van der Waals surface area contributed by atoms with Crippen LogP contribution in [0.5, 0.6) is 0 Å². The summed E-state index contributed by atoms with van der Waals surface area (Å²) < 4.78 is 4.33. The van der Waals surface area contributed by atoms with E-state index in [2.05, 4.69) is 4.98 Å². The van der Waals surface area contributed by atoms with E-state index >= 15 is 0 Å². The van der Waals surface area contributed by atoms with Gasteiger partial charge in [-0.1, -0.05) is 30.3 Å². The standard InChI is InChI=1S/C15H16N4O2/c1-10(11-7-5-4-6-8-11)19-14(20)12-13(16-9-17(12)2)18(3)15(19)21/h4-10H,1-3H3. The molecule has 1 aromatic carbocycles. The monoisotopic (exact) mass is 284 g/mol. The van der Waals surface area contributed by atoms with E-state index < -0.39 is 0 Å². The van der Waals surface area contributed by atoms with Gasteiger partial charge in [0, 0.05) is 14.1 Å². The average molecular weight is 284 g/mol. The largest absolute Gasteiger partial charge is 0.333 e. The van der Waals surface area contributed by atoms with Gasteiger partial charge in [0.25, 0.3) is 5.56 Å². The molecule has 0 N–H and O–H groups in total. The fourth-order valence-electron chi connectivity index (χ4n) is 2.59. The van der Waals surface area contributed by atoms with E-state index in [1.54, 1.807) is 25.0 Å². The molecule has 0 aliphatic rings. The number of rotatable bonds is 2. The smallest absolute Gasteiger partial charge is 0.328 e. The normalized spacial score (nSPS) is 12.7. The van der Waals surface area contributed by atoms with Gasteiger partial charge in [0.15, 0.2) is 11.2 Å². The van der Waals surface area contributed by atoms with Gasteiger partial charge in [-0.05, 0) is 12.5 Å². The molecular weight excluding hydrogens is 268 g/mol. The third-order valence-corrected chi connectivity index (χ3v) is 3.82. The SMILES string of the molecule is CC(c1ccccc1)n1c(=O)c2c(ncn2C)n(C)c1=O. The molecule has 0 bridgehead atoms. The first kappa shape index (κ1) is 13.4. The van der Waals surface area contributed by atoms with Crippen LogP contribution < -0.4 is 11.2 Å². The summed E-state index contributed by atoms with van der Waals surface area (Å²) in [6.07, 6.45) is 1.54. The molecule has 0 aliphatic carbocycles. The first-order chi connectivity index (χ1) is 10.0. The summed E-state index contributed by atoms with van der Waals surface area (Å²) >= 11 is 0. The summed E-state index contributed by atoms with van der Waals surface area (Å²) in [6, 6.07) is 9.17. The third kappa shape index (κ3) is 1.91. The lowest BCUT2D eigenvalue weighted by atomic mass is 10.1. The fraction of sp³-hybridized carbons (Fsp3) is 0.267. The number of aryl methyl sites for hydroxylation is 2. The summed E-state index contributed by atoms with van der Waals surface area (Å²) in [6.45, 7) is 1.85. The minimum atomic E-state index is -0.359. The Morgan fingerprint density at radius 2 is 1.76 bits per heavy atom. The molecule has 108 valence electrons. The summed E-state index contributed by atoms with van der Waals surface area (Å²) in [5.41, 5.74) is 1.08. The van der Waals surface area contributed by atoms with Crippen LogP contribution in [0, 0.1) is 0 Å². The Morgan fingerprint density at radius 1 is 1.10 bits per heavy atom. The van der Waals surface area contributed by atoms with E-state index in [9.17, 15) is 9.59 Å². The van der Waals surface area contributed by atoms with Crippen molar-refractivity contribution in [3.63, 3.8) is 0 Å². The highest BCUT2D eigenvalue weighted by molar-refractivity contribution is 5.69. The Hall–Kier alpha value is -2.63. The molecule has 0 fully saturated rings. The van der Waals surface area contributed by atoms with E-state index in [0.717, 1.165) is 5.56 Å². The van der Waals surface area contributed by atoms with Gasteiger partial charge in [-0.25, -0.2) is 9.78 Å². The number of aromatic nitrogens is 4. The molecule has 3 rings (SSSR count). The van der Waals surface area contributed by atoms with Crippen molar-refractivity contribution in [3.05, 3.63) is 63.1 Å². The molecule has 1 atom stereocenters. The highest BCUT2D eigenvalue weighted by Crippen LogP contribution is 2.15. The zero-order chi connectivity index (χ0) is 15.1. The predicted octanol–water partition coefficient (Wildman–Crippen LogP) is 1.04. The molecule has 21 heavy (non-hydrogen) atoms. The second-order valence-corrected chi connectivity index (χ2v) is 5.13. The molecule has 6 nitrogen and oxygen atoms in total. The van der Waals surface area contributed by atoms with E-state index in [-0.39, 0.29) is 17.3 Å². The number of imidazole rings is 1. The number of hydrogen-bond acceptors (Lipinski definition) is 3. The van der Waals surface area contributed by atoms with Gasteiger partial charge in [-0.15, -0.1) is 0 Å². The lowest BCUT2D eigenvalue weighted by Crippen LogP contribution is -2.41. The first-order valence-corrected chi connectivity index (χ1v) is 6.70. The number of nitrogens with zero attached hydrogens (tertiary/aromatic N) is 4. The highest BCUT2D eigenvalue weighted by atomic mass is 16.2. The Kier molecular flexibility index (Phi) is 3.01. The van der Waals surface area contributed by atoms with Gasteiger partial charge in [0.1, 0.15) is 0 Å². The maximum Gasteiger partial charge on any atom is 0.333 e. The molecule has 0 saturated carbocycles. The van der Waals surface area contributed by atoms with Crippen molar-refractivity contribution in [1.29, 1.82) is 0 Å². The van der Waals surface area contributed by atoms with Crippen LogP contribution >= 0.6 is 0 Å². The van der Waals surface area contributed by atoms with Crippen LogP contribution in [0.2, 0.25) is 0 Å². The van der Waals surface area contributed by atoms with Gasteiger partial charge in [0.05, 0.1) is 12.4 Å². The van der Waals surface area contributed by atoms with Crippen molar-refractivity contribution in [1.82, 2.24) is 18.7 Å². The molecule has 0 aliphatic heterocycles. The molecule has 6 heteroatoms. The Balaban J connectivity index is 2.36. The molecule has 2 aromatic heterocycles. The molecule has 0 radical (unpaired) electrons. The number of hydrogen-bond donors (Lipinski definition) is 0. The second kappa shape index (κ2) is 4.73. The summed E-state index contributed by atoms with van der Waals surface area (Å²) in [7, 11) is 3.38. The van der Waals surface area contributed by atoms with Crippen LogP contribution in [-0.4, -0.2) is 18.7 Å². The number of fused-ring (bicyclic) bond motifs is 1. The van der Waals surface area contributed by atoms with Gasteiger partial charge >= 0.3 is 5.69 Å². The van der Waals surface area contributed by atoms with Crippen molar-refractivity contribution in [2.24, 2.45) is 14.1 Å². The maximum absolute atomic E-state index is 12.7. The van der Waals surface area contributed by atoms with Crippen molar-refractivity contribution in [3.8, 4) is 0 Å². The quantitative estimate of drug-likeness (QED) is 0.706. The molecule has 0 saturated heterocycles. The van der Waals surface area contributed by atoms with Crippen LogP contribution in [0.1, 0.15) is 18.5 Å². The van der Waals surface area contributed by atoms with Crippen LogP contribution in [0.25, 0.3) is 11.2 Å². The van der Waals surface area contributed by atoms with Crippen LogP contribution in [0.4, 0.5) is 0 Å². The fourth-order valence-corrected chi connectivity index (χ4v) is 2.59. The van der Waals surface area contributed by atoms with Gasteiger partial charge in [-0.2, -0.15) is 0 Å². The first-order valence-electron chi connectivity index (χ1n) is 6.70. The molecule has 1 unspecified atom stereocenters. The van der Waals surface area contributed by atoms with Crippen LogP contribution in [-0.2, 0) is 14.1 Å². The van der Waals surface area contributed by atoms with Crippen LogP contribution in [0.15, 0.2) is 46.2 Å². The molecule has 0 spiro atoms. The van der Waals surface area contributed by atoms with Crippen molar-refractivity contribution in [2.75, 3.05) is 0 Å². The maximum atomic E-state index is 12.7. The predicted molar refractivity (Wildman–Crippen MR) is 80.5 cm³/mol. The molecule has 2 heterocycles. The number of benzene rings is 1. The molecule has 0 amide bonds. The zero-order valence-corrected chi connectivity index (χ0v) is 12.1. The van der Waals surface area contributed by atoms with E-state index in [0.29, 0.717) is 11.2 Å². The Bertz CT molecular complexity index is 918. The van der Waals surface area contributed by atoms with Gasteiger partial charge in [0.2, 0.25) is 0 Å². The highest BCUT2D eigenvalue weighted by Gasteiger charge is 2.19. The molecule has 3 aromatic rings. The van der Waals surface area contributed by atoms with Crippen molar-refractivity contribution < 1.29 is 0 Å². The van der Waals surface area contributed by atoms with E-state index in [1.807, 2.05) is 37.3 Å². The minimum Gasteiger partial charge on any atom is -0.328 e. The van der Waals surface area contributed by atoms with Gasteiger partial charge < -0.3 is 4.57 Å². The van der Waals surface area contributed by atoms with E-state index in [1.165, 1.54) is 9.13 Å². The van der Waals surface area contributed by atoms with Gasteiger partial charge in [-0.3, -0.25) is 13.9 Å². The average Bonchev–Trinajstić information content (AvgIpc) is 2.88. The topological polar surface area (TPSA) is 61.8 Å². The second-order valence-electron chi connectivity index (χ2n) is 5.13. The zero-order valence-electron chi connectivity index (χ0n) is 12.1. The lowest BCUT2D eigenvalue weighted by Gasteiger charge is -2.16. The van der Waals surface area contributed by atoms with Crippen molar-refractivity contribution >= 4 is 11.2 Å².